The van der Waals surface area contributed by atoms with Gasteiger partial charge in [0.25, 0.3) is 0 Å². The molecule has 0 radical (unpaired) electrons. The van der Waals surface area contributed by atoms with Gasteiger partial charge in [-0.05, 0) is 37.0 Å². The maximum absolute atomic E-state index is 7.83. The Morgan fingerprint density at radius 1 is 1.30 bits per heavy atom. The fourth-order valence-electron chi connectivity index (χ4n) is 2.54. The monoisotopic (exact) mass is 339 g/mol. The number of nitrogen functional groups attached to an aromatic ring is 1. The third-order valence-electron chi connectivity index (χ3n) is 3.50. The molecule has 20 heavy (non-hydrogen) atoms. The van der Waals surface area contributed by atoms with Crippen LogP contribution in [-0.4, -0.2) is 18.4 Å². The lowest BCUT2D eigenvalue weighted by molar-refractivity contribution is 0.507. The number of anilines is 1. The molecule has 0 aliphatic carbocycles. The second-order valence-electron chi connectivity index (χ2n) is 5.59. The molecule has 0 spiro atoms. The van der Waals surface area contributed by atoms with Crippen LogP contribution in [0.1, 0.15) is 46.1 Å². The summed E-state index contributed by atoms with van der Waals surface area (Å²) in [6.45, 7) is 9.86. The van der Waals surface area contributed by atoms with Gasteiger partial charge in [-0.25, -0.2) is 0 Å². The number of halogens is 1. The largest absolute Gasteiger partial charge is 0.384 e. The number of benzene rings is 1. The zero-order chi connectivity index (χ0) is 15.3. The quantitative estimate of drug-likeness (QED) is 0.571. The lowest BCUT2D eigenvalue weighted by Crippen LogP contribution is -2.38. The van der Waals surface area contributed by atoms with E-state index in [1.807, 2.05) is 12.1 Å². The first-order valence-electron chi connectivity index (χ1n) is 7.31. The molecule has 0 bridgehead atoms. The second kappa shape index (κ2) is 7.67. The molecule has 3 N–H and O–H groups in total. The summed E-state index contributed by atoms with van der Waals surface area (Å²) >= 11 is 3.47. The predicted octanol–water partition coefficient (Wildman–Crippen LogP) is 4.38. The van der Waals surface area contributed by atoms with Gasteiger partial charge in [0.05, 0.1) is 0 Å². The van der Waals surface area contributed by atoms with E-state index in [0.717, 1.165) is 35.1 Å². The predicted molar refractivity (Wildman–Crippen MR) is 91.7 cm³/mol. The van der Waals surface area contributed by atoms with E-state index in [4.69, 9.17) is 11.1 Å². The minimum absolute atomic E-state index is 0.126. The first-order valence-corrected chi connectivity index (χ1v) is 8.10. The molecule has 1 rings (SSSR count). The summed E-state index contributed by atoms with van der Waals surface area (Å²) in [7, 11) is 0. The van der Waals surface area contributed by atoms with E-state index in [2.05, 4.69) is 54.6 Å². The zero-order valence-corrected chi connectivity index (χ0v) is 14.5. The van der Waals surface area contributed by atoms with E-state index in [9.17, 15) is 0 Å². The van der Waals surface area contributed by atoms with Crippen molar-refractivity contribution < 1.29 is 0 Å². The van der Waals surface area contributed by atoms with Crippen molar-refractivity contribution in [3.8, 4) is 0 Å². The molecule has 0 aromatic heterocycles. The van der Waals surface area contributed by atoms with E-state index in [1.165, 1.54) is 0 Å². The van der Waals surface area contributed by atoms with Gasteiger partial charge in [0.1, 0.15) is 5.84 Å². The number of hydrogen-bond acceptors (Lipinski definition) is 2. The summed E-state index contributed by atoms with van der Waals surface area (Å²) < 4.78 is 0.959. The summed E-state index contributed by atoms with van der Waals surface area (Å²) in [6.07, 6.45) is 2.19. The number of hydrogen-bond donors (Lipinski definition) is 2. The Labute approximate surface area is 131 Å². The molecule has 3 nitrogen and oxygen atoms in total. The van der Waals surface area contributed by atoms with Crippen LogP contribution in [-0.2, 0) is 0 Å². The summed E-state index contributed by atoms with van der Waals surface area (Å²) in [6, 6.07) is 6.52. The molecule has 0 heterocycles. The molecule has 0 saturated carbocycles. The number of nitrogens with one attached hydrogen (secondary N) is 1. The van der Waals surface area contributed by atoms with Gasteiger partial charge in [0.15, 0.2) is 0 Å². The van der Waals surface area contributed by atoms with Crippen molar-refractivity contribution >= 4 is 27.5 Å². The van der Waals surface area contributed by atoms with Gasteiger partial charge in [-0.3, -0.25) is 5.41 Å². The fourth-order valence-corrected chi connectivity index (χ4v) is 2.90. The number of nitrogens with two attached hydrogens (primary N) is 1. The molecule has 0 fully saturated rings. The van der Waals surface area contributed by atoms with Gasteiger partial charge in [-0.1, -0.05) is 43.6 Å². The summed E-state index contributed by atoms with van der Waals surface area (Å²) in [4.78, 5) is 2.41. The Morgan fingerprint density at radius 2 is 1.90 bits per heavy atom. The normalized spacial score (nSPS) is 11.2. The third-order valence-corrected chi connectivity index (χ3v) is 4.00. The zero-order valence-electron chi connectivity index (χ0n) is 12.9. The van der Waals surface area contributed by atoms with Crippen LogP contribution in [0.4, 0.5) is 5.69 Å². The maximum Gasteiger partial charge on any atom is 0.124 e. The van der Waals surface area contributed by atoms with Crippen molar-refractivity contribution in [3.63, 3.8) is 0 Å². The van der Waals surface area contributed by atoms with E-state index >= 15 is 0 Å². The number of nitrogens with zero attached hydrogens (tertiary/aromatic N) is 1. The number of amidine groups is 1. The molecule has 0 amide bonds. The molecule has 0 atom stereocenters. The van der Waals surface area contributed by atoms with Crippen molar-refractivity contribution in [1.82, 2.24) is 0 Å². The van der Waals surface area contributed by atoms with E-state index in [-0.39, 0.29) is 5.84 Å². The van der Waals surface area contributed by atoms with Crippen LogP contribution in [0, 0.1) is 11.3 Å². The minimum Gasteiger partial charge on any atom is -0.384 e. The minimum atomic E-state index is 0.126. The first kappa shape index (κ1) is 17.0. The molecule has 4 heteroatoms. The number of rotatable bonds is 7. The third kappa shape index (κ3) is 4.23. The highest BCUT2D eigenvalue weighted by Crippen LogP contribution is 2.28. The van der Waals surface area contributed by atoms with Crippen molar-refractivity contribution in [3.05, 3.63) is 28.2 Å². The van der Waals surface area contributed by atoms with Crippen molar-refractivity contribution in [2.75, 3.05) is 11.4 Å². The second-order valence-corrected chi connectivity index (χ2v) is 6.51. The Morgan fingerprint density at radius 3 is 2.35 bits per heavy atom. The Kier molecular flexibility index (Phi) is 6.53. The average Bonchev–Trinajstić information content (AvgIpc) is 2.38. The molecular weight excluding hydrogens is 314 g/mol. The highest BCUT2D eigenvalue weighted by Gasteiger charge is 2.20. The van der Waals surface area contributed by atoms with Gasteiger partial charge in [0, 0.05) is 28.3 Å². The molecule has 0 unspecified atom stereocenters. The van der Waals surface area contributed by atoms with E-state index in [1.54, 1.807) is 0 Å². The Hall–Kier alpha value is -1.03. The summed E-state index contributed by atoms with van der Waals surface area (Å²) in [5.41, 5.74) is 7.66. The average molecular weight is 340 g/mol. The van der Waals surface area contributed by atoms with Gasteiger partial charge in [0.2, 0.25) is 0 Å². The lowest BCUT2D eigenvalue weighted by atomic mass is 10.0. The lowest BCUT2D eigenvalue weighted by Gasteiger charge is -2.35. The summed E-state index contributed by atoms with van der Waals surface area (Å²) in [5.74, 6) is 0.695. The van der Waals surface area contributed by atoms with Gasteiger partial charge < -0.3 is 10.6 Å². The smallest absolute Gasteiger partial charge is 0.124 e. The molecule has 1 aromatic rings. The Bertz CT molecular complexity index is 453. The van der Waals surface area contributed by atoms with Crippen LogP contribution in [0.2, 0.25) is 0 Å². The maximum atomic E-state index is 7.83. The Balaban J connectivity index is 3.28. The fraction of sp³-hybridized carbons (Fsp3) is 0.562. The summed E-state index contributed by atoms with van der Waals surface area (Å²) in [5, 5.41) is 7.83. The molecule has 0 aliphatic heterocycles. The van der Waals surface area contributed by atoms with Crippen molar-refractivity contribution in [1.29, 1.82) is 5.41 Å². The van der Waals surface area contributed by atoms with Gasteiger partial charge in [-0.2, -0.15) is 0 Å². The molecular formula is C16H26BrN3. The van der Waals surface area contributed by atoms with Crippen molar-refractivity contribution in [2.24, 2.45) is 11.7 Å². The topological polar surface area (TPSA) is 53.1 Å². The molecule has 112 valence electrons. The molecule has 1 aromatic carbocycles. The standard InChI is InChI=1S/C16H26BrN3/c1-5-13(6-2)20(10-11(3)4)15-8-7-12(17)9-14(15)16(18)19/h7-9,11,13H,5-6,10H2,1-4H3,(H3,18,19). The highest BCUT2D eigenvalue weighted by atomic mass is 79.9. The van der Waals surface area contributed by atoms with Crippen LogP contribution in [0.15, 0.2) is 22.7 Å². The highest BCUT2D eigenvalue weighted by molar-refractivity contribution is 9.10. The van der Waals surface area contributed by atoms with Crippen LogP contribution < -0.4 is 10.6 Å². The SMILES string of the molecule is CCC(CC)N(CC(C)C)c1ccc(Br)cc1C(=N)N. The van der Waals surface area contributed by atoms with Crippen LogP contribution >= 0.6 is 15.9 Å². The van der Waals surface area contributed by atoms with E-state index < -0.39 is 0 Å². The van der Waals surface area contributed by atoms with Crippen LogP contribution in [0.3, 0.4) is 0 Å². The van der Waals surface area contributed by atoms with Gasteiger partial charge >= 0.3 is 0 Å². The van der Waals surface area contributed by atoms with Gasteiger partial charge in [-0.15, -0.1) is 0 Å². The van der Waals surface area contributed by atoms with Crippen LogP contribution in [0.25, 0.3) is 0 Å². The van der Waals surface area contributed by atoms with Crippen molar-refractivity contribution in [2.45, 2.75) is 46.6 Å². The van der Waals surface area contributed by atoms with E-state index in [0.29, 0.717) is 12.0 Å². The van der Waals surface area contributed by atoms with Crippen LogP contribution in [0.5, 0.6) is 0 Å². The molecule has 0 aliphatic rings. The first-order chi connectivity index (χ1) is 9.40. The molecule has 0 saturated heterocycles.